The van der Waals surface area contributed by atoms with Gasteiger partial charge >= 0.3 is 0 Å². The molecule has 0 fully saturated rings. The minimum absolute atomic E-state index is 0.111. The Hall–Kier alpha value is -2.14. The average Bonchev–Trinajstić information content (AvgIpc) is 2.46. The van der Waals surface area contributed by atoms with Gasteiger partial charge in [0, 0.05) is 18.2 Å². The lowest BCUT2D eigenvalue weighted by molar-refractivity contribution is 0.0697. The molecule has 120 valence electrons. The van der Waals surface area contributed by atoms with Crippen LogP contribution in [-0.2, 0) is 0 Å². The van der Waals surface area contributed by atoms with Crippen molar-refractivity contribution in [3.8, 4) is 5.75 Å². The topological polar surface area (TPSA) is 46.2 Å². The van der Waals surface area contributed by atoms with Crippen LogP contribution in [0.4, 0.5) is 5.82 Å². The molecule has 1 aliphatic rings. The predicted molar refractivity (Wildman–Crippen MR) is 96.8 cm³/mol. The highest BCUT2D eigenvalue weighted by Crippen LogP contribution is 2.39. The summed E-state index contributed by atoms with van der Waals surface area (Å²) in [6, 6.07) is 12.1. The zero-order valence-electron chi connectivity index (χ0n) is 13.6. The molecule has 4 nitrogen and oxygen atoms in total. The molecule has 3 rings (SSSR count). The number of pyridine rings is 1. The number of nitrogens with one attached hydrogen (secondary N) is 2. The summed E-state index contributed by atoms with van der Waals surface area (Å²) in [7, 11) is 0. The molecule has 1 aromatic carbocycles. The Labute approximate surface area is 142 Å². The number of benzene rings is 1. The van der Waals surface area contributed by atoms with Crippen molar-refractivity contribution >= 4 is 23.1 Å². The molecule has 23 heavy (non-hydrogen) atoms. The van der Waals surface area contributed by atoms with Crippen LogP contribution in [0.1, 0.15) is 37.4 Å². The van der Waals surface area contributed by atoms with E-state index in [2.05, 4.69) is 35.5 Å². The molecule has 1 atom stereocenters. The number of para-hydroxylation sites is 1. The number of ether oxygens (including phenoxy) is 1. The molecule has 2 heterocycles. The summed E-state index contributed by atoms with van der Waals surface area (Å²) in [6.45, 7) is 6.22. The fourth-order valence-electron chi connectivity index (χ4n) is 2.85. The highest BCUT2D eigenvalue weighted by Gasteiger charge is 2.33. The van der Waals surface area contributed by atoms with Gasteiger partial charge in [-0.25, -0.2) is 4.98 Å². The molecule has 0 bridgehead atoms. The van der Waals surface area contributed by atoms with E-state index in [-0.39, 0.29) is 11.6 Å². The van der Waals surface area contributed by atoms with Crippen LogP contribution < -0.4 is 15.4 Å². The molecule has 0 saturated carbocycles. The van der Waals surface area contributed by atoms with E-state index in [4.69, 9.17) is 17.0 Å². The standard InChI is InChI=1S/C18H21N3OS/c1-12-8-9-19-16(10-12)21-17(23)20-14-11-18(2,3)22-15-7-5-4-6-13(14)15/h4-10,14H,11H2,1-3H3,(H2,19,20,21,23). The molecule has 2 N–H and O–H groups in total. The number of hydrogen-bond acceptors (Lipinski definition) is 3. The summed E-state index contributed by atoms with van der Waals surface area (Å²) in [5.41, 5.74) is 2.04. The first-order valence-electron chi connectivity index (χ1n) is 7.71. The maximum atomic E-state index is 6.05. The van der Waals surface area contributed by atoms with E-state index in [1.165, 1.54) is 0 Å². The molecule has 1 aromatic heterocycles. The normalized spacial score (nSPS) is 18.5. The van der Waals surface area contributed by atoms with Gasteiger partial charge in [-0.05, 0) is 56.8 Å². The third-order valence-corrected chi connectivity index (χ3v) is 4.06. The van der Waals surface area contributed by atoms with E-state index in [1.807, 2.05) is 37.3 Å². The first-order valence-corrected chi connectivity index (χ1v) is 8.12. The van der Waals surface area contributed by atoms with E-state index in [0.29, 0.717) is 5.11 Å². The second kappa shape index (κ2) is 6.16. The van der Waals surface area contributed by atoms with Gasteiger partial charge in [0.05, 0.1) is 6.04 Å². The van der Waals surface area contributed by atoms with Crippen LogP contribution in [0.3, 0.4) is 0 Å². The van der Waals surface area contributed by atoms with E-state index in [0.717, 1.165) is 29.1 Å². The van der Waals surface area contributed by atoms with Crippen LogP contribution in [0.25, 0.3) is 0 Å². The predicted octanol–water partition coefficient (Wildman–Crippen LogP) is 3.98. The molecule has 0 spiro atoms. The summed E-state index contributed by atoms with van der Waals surface area (Å²) in [6.07, 6.45) is 2.61. The number of thiocarbonyl (C=S) groups is 1. The van der Waals surface area contributed by atoms with Crippen molar-refractivity contribution in [1.82, 2.24) is 10.3 Å². The van der Waals surface area contributed by atoms with Gasteiger partial charge in [0.25, 0.3) is 0 Å². The van der Waals surface area contributed by atoms with Crippen molar-refractivity contribution < 1.29 is 4.74 Å². The molecule has 0 aliphatic carbocycles. The molecule has 0 amide bonds. The lowest BCUT2D eigenvalue weighted by atomic mass is 9.90. The number of anilines is 1. The van der Waals surface area contributed by atoms with Gasteiger partial charge in [0.15, 0.2) is 5.11 Å². The van der Waals surface area contributed by atoms with Crippen LogP contribution in [0.2, 0.25) is 0 Å². The third-order valence-electron chi connectivity index (χ3n) is 3.84. The van der Waals surface area contributed by atoms with Gasteiger partial charge < -0.3 is 15.4 Å². The Morgan fingerprint density at radius 1 is 1.30 bits per heavy atom. The Kier molecular flexibility index (Phi) is 4.22. The SMILES string of the molecule is Cc1ccnc(NC(=S)NC2CC(C)(C)Oc3ccccc32)c1. The van der Waals surface area contributed by atoms with Gasteiger partial charge in [-0.2, -0.15) is 0 Å². The maximum absolute atomic E-state index is 6.05. The minimum atomic E-state index is -0.233. The lowest BCUT2D eigenvalue weighted by Crippen LogP contribution is -2.42. The quantitative estimate of drug-likeness (QED) is 0.817. The zero-order chi connectivity index (χ0) is 16.4. The lowest BCUT2D eigenvalue weighted by Gasteiger charge is -2.38. The fourth-order valence-corrected chi connectivity index (χ4v) is 3.09. The minimum Gasteiger partial charge on any atom is -0.487 e. The van der Waals surface area contributed by atoms with E-state index in [9.17, 15) is 0 Å². The second-order valence-electron chi connectivity index (χ2n) is 6.47. The summed E-state index contributed by atoms with van der Waals surface area (Å²) in [5, 5.41) is 7.13. The van der Waals surface area contributed by atoms with Crippen molar-refractivity contribution in [2.75, 3.05) is 5.32 Å². The number of fused-ring (bicyclic) bond motifs is 1. The third kappa shape index (κ3) is 3.79. The molecule has 1 unspecified atom stereocenters. The van der Waals surface area contributed by atoms with Crippen LogP contribution in [0.15, 0.2) is 42.6 Å². The molecule has 2 aromatic rings. The number of hydrogen-bond donors (Lipinski definition) is 2. The van der Waals surface area contributed by atoms with Gasteiger partial charge in [0.2, 0.25) is 0 Å². The highest BCUT2D eigenvalue weighted by atomic mass is 32.1. The van der Waals surface area contributed by atoms with E-state index >= 15 is 0 Å². The van der Waals surface area contributed by atoms with Gasteiger partial charge in [0.1, 0.15) is 17.2 Å². The van der Waals surface area contributed by atoms with E-state index < -0.39 is 0 Å². The van der Waals surface area contributed by atoms with Crippen LogP contribution in [-0.4, -0.2) is 15.7 Å². The van der Waals surface area contributed by atoms with Gasteiger partial charge in [-0.3, -0.25) is 0 Å². The number of aromatic nitrogens is 1. The fraction of sp³-hybridized carbons (Fsp3) is 0.333. The summed E-state index contributed by atoms with van der Waals surface area (Å²) in [5.74, 6) is 1.67. The van der Waals surface area contributed by atoms with E-state index in [1.54, 1.807) is 6.20 Å². The average molecular weight is 327 g/mol. The highest BCUT2D eigenvalue weighted by molar-refractivity contribution is 7.80. The number of rotatable bonds is 2. The van der Waals surface area contributed by atoms with Crippen molar-refractivity contribution in [3.63, 3.8) is 0 Å². The van der Waals surface area contributed by atoms with Crippen LogP contribution in [0, 0.1) is 6.92 Å². The summed E-state index contributed by atoms with van der Waals surface area (Å²) >= 11 is 5.46. The zero-order valence-corrected chi connectivity index (χ0v) is 14.4. The molecule has 5 heteroatoms. The van der Waals surface area contributed by atoms with Crippen LogP contribution >= 0.6 is 12.2 Å². The van der Waals surface area contributed by atoms with Gasteiger partial charge in [-0.1, -0.05) is 18.2 Å². The van der Waals surface area contributed by atoms with Gasteiger partial charge in [-0.15, -0.1) is 0 Å². The smallest absolute Gasteiger partial charge is 0.172 e. The molecular weight excluding hydrogens is 306 g/mol. The largest absolute Gasteiger partial charge is 0.487 e. The van der Waals surface area contributed by atoms with Crippen LogP contribution in [0.5, 0.6) is 5.75 Å². The Morgan fingerprint density at radius 3 is 2.87 bits per heavy atom. The first-order chi connectivity index (χ1) is 10.9. The Balaban J connectivity index is 1.75. The molecular formula is C18H21N3OS. The van der Waals surface area contributed by atoms with Crippen molar-refractivity contribution in [2.45, 2.75) is 38.8 Å². The molecule has 1 aliphatic heterocycles. The molecule has 0 radical (unpaired) electrons. The first kappa shape index (κ1) is 15.7. The van der Waals surface area contributed by atoms with Crippen molar-refractivity contribution in [1.29, 1.82) is 0 Å². The summed E-state index contributed by atoms with van der Waals surface area (Å²) < 4.78 is 6.05. The summed E-state index contributed by atoms with van der Waals surface area (Å²) in [4.78, 5) is 4.28. The molecule has 0 saturated heterocycles. The second-order valence-corrected chi connectivity index (χ2v) is 6.88. The maximum Gasteiger partial charge on any atom is 0.172 e. The number of nitrogens with zero attached hydrogens (tertiary/aromatic N) is 1. The Morgan fingerprint density at radius 2 is 2.09 bits per heavy atom. The van der Waals surface area contributed by atoms with Crippen molar-refractivity contribution in [3.05, 3.63) is 53.7 Å². The Bertz CT molecular complexity index is 730. The number of aryl methyl sites for hydroxylation is 1. The monoisotopic (exact) mass is 327 g/mol. The van der Waals surface area contributed by atoms with Crippen molar-refractivity contribution in [2.24, 2.45) is 0 Å².